The minimum Gasteiger partial charge on any atom is -0.300 e. The zero-order valence-corrected chi connectivity index (χ0v) is 18.7. The van der Waals surface area contributed by atoms with Gasteiger partial charge in [-0.2, -0.15) is 0 Å². The normalized spacial score (nSPS) is 39.6. The highest BCUT2D eigenvalue weighted by atomic mass is 32.1. The molecule has 3 saturated carbocycles. The Hall–Kier alpha value is -1.82. The first-order chi connectivity index (χ1) is 14.5. The number of hydrogen-bond acceptors (Lipinski definition) is 6. The van der Waals surface area contributed by atoms with Gasteiger partial charge in [0.25, 0.3) is 0 Å². The third-order valence-electron chi connectivity index (χ3n) is 9.31. The number of carbonyl (C=O) groups excluding carboxylic acids is 1. The van der Waals surface area contributed by atoms with Crippen LogP contribution in [0.5, 0.6) is 0 Å². The Kier molecular flexibility index (Phi) is 4.15. The van der Waals surface area contributed by atoms with Crippen LogP contribution in [0.3, 0.4) is 0 Å². The van der Waals surface area contributed by atoms with Gasteiger partial charge in [-0.3, -0.25) is 4.79 Å². The molecular weight excluding hydrogens is 392 g/mol. The van der Waals surface area contributed by atoms with Gasteiger partial charge < -0.3 is 5.32 Å². The number of aryl methyl sites for hydroxylation is 1. The minimum absolute atomic E-state index is 0.0263. The van der Waals surface area contributed by atoms with E-state index in [0.717, 1.165) is 42.7 Å². The summed E-state index contributed by atoms with van der Waals surface area (Å²) in [5.74, 6) is 3.88. The fraction of sp³-hybridized carbons (Fsp3) is 0.667. The zero-order chi connectivity index (χ0) is 20.5. The van der Waals surface area contributed by atoms with Crippen LogP contribution in [0.25, 0.3) is 0 Å². The van der Waals surface area contributed by atoms with Gasteiger partial charge in [0, 0.05) is 35.0 Å². The van der Waals surface area contributed by atoms with Crippen LogP contribution >= 0.6 is 11.3 Å². The number of thiazole rings is 1. The lowest BCUT2D eigenvalue weighted by Gasteiger charge is -2.59. The Balaban J connectivity index is 1.30. The number of aromatic nitrogens is 3. The minimum atomic E-state index is -0.0263. The topological polar surface area (TPSA) is 67.8 Å². The second kappa shape index (κ2) is 6.59. The molecule has 30 heavy (non-hydrogen) atoms. The Morgan fingerprint density at radius 3 is 2.70 bits per heavy atom. The summed E-state index contributed by atoms with van der Waals surface area (Å²) in [7, 11) is 0. The first kappa shape index (κ1) is 18.9. The van der Waals surface area contributed by atoms with E-state index >= 15 is 0 Å². The lowest BCUT2D eigenvalue weighted by atomic mass is 9.46. The van der Waals surface area contributed by atoms with E-state index in [2.05, 4.69) is 29.1 Å². The van der Waals surface area contributed by atoms with Crippen molar-refractivity contribution in [3.05, 3.63) is 29.0 Å². The molecule has 1 N–H and O–H groups in total. The summed E-state index contributed by atoms with van der Waals surface area (Å²) in [5.41, 5.74) is 1.60. The van der Waals surface area contributed by atoms with Crippen LogP contribution in [0.4, 0.5) is 11.1 Å². The van der Waals surface area contributed by atoms with Gasteiger partial charge in [-0.05, 0) is 74.2 Å². The second-order valence-corrected chi connectivity index (χ2v) is 11.5. The molecule has 0 aliphatic heterocycles. The molecule has 0 aromatic carbocycles. The molecule has 6 heteroatoms. The molecule has 2 aromatic rings. The summed E-state index contributed by atoms with van der Waals surface area (Å²) in [6, 6.07) is 1.83. The molecule has 0 spiro atoms. The van der Waals surface area contributed by atoms with E-state index < -0.39 is 0 Å². The average molecular weight is 423 g/mol. The molecule has 4 aliphatic carbocycles. The highest BCUT2D eigenvalue weighted by molar-refractivity contribution is 7.15. The van der Waals surface area contributed by atoms with Crippen LogP contribution in [0, 0.1) is 28.6 Å². The Morgan fingerprint density at radius 1 is 1.03 bits per heavy atom. The van der Waals surface area contributed by atoms with E-state index in [1.165, 1.54) is 36.3 Å². The first-order valence-corrected chi connectivity index (χ1v) is 12.4. The average Bonchev–Trinajstić information content (AvgIpc) is 3.28. The quantitative estimate of drug-likeness (QED) is 0.690. The Morgan fingerprint density at radius 2 is 1.87 bits per heavy atom. The number of anilines is 2. The molecule has 6 rings (SSSR count). The van der Waals surface area contributed by atoms with Gasteiger partial charge in [-0.1, -0.05) is 13.8 Å². The number of nitrogens with zero attached hydrogens (tertiary/aromatic N) is 3. The van der Waals surface area contributed by atoms with Crippen LogP contribution in [0.15, 0.2) is 18.5 Å². The van der Waals surface area contributed by atoms with E-state index in [0.29, 0.717) is 29.0 Å². The molecule has 2 heterocycles. The van der Waals surface area contributed by atoms with E-state index in [1.54, 1.807) is 12.4 Å². The summed E-state index contributed by atoms with van der Waals surface area (Å²) < 4.78 is 0. The lowest BCUT2D eigenvalue weighted by Crippen LogP contribution is -2.52. The third kappa shape index (κ3) is 2.58. The van der Waals surface area contributed by atoms with Crippen LogP contribution in [-0.4, -0.2) is 20.7 Å². The molecule has 0 amide bonds. The fourth-order valence-corrected chi connectivity index (χ4v) is 9.03. The number of ketones is 1. The molecule has 0 radical (unpaired) electrons. The molecule has 3 fully saturated rings. The molecule has 4 aliphatic rings. The molecule has 2 aromatic heterocycles. The molecule has 0 bridgehead atoms. The molecular formula is C24H30N4OS. The van der Waals surface area contributed by atoms with E-state index in [1.807, 2.05) is 17.4 Å². The summed E-state index contributed by atoms with van der Waals surface area (Å²) in [6.45, 7) is 4.84. The van der Waals surface area contributed by atoms with Crippen LogP contribution in [0.2, 0.25) is 0 Å². The van der Waals surface area contributed by atoms with Crippen LogP contribution < -0.4 is 5.32 Å². The highest BCUT2D eigenvalue weighted by Crippen LogP contribution is 2.67. The zero-order valence-electron chi connectivity index (χ0n) is 17.9. The monoisotopic (exact) mass is 422 g/mol. The number of Topliss-reactive ketones (excluding diaryl/α,β-unsaturated/α-hetero) is 1. The molecule has 5 nitrogen and oxygen atoms in total. The number of carbonyl (C=O) groups is 1. The summed E-state index contributed by atoms with van der Waals surface area (Å²) in [6.07, 6.45) is 12.6. The summed E-state index contributed by atoms with van der Waals surface area (Å²) >= 11 is 1.82. The maximum atomic E-state index is 12.7. The van der Waals surface area contributed by atoms with E-state index in [4.69, 9.17) is 4.98 Å². The summed E-state index contributed by atoms with van der Waals surface area (Å²) in [4.78, 5) is 27.7. The van der Waals surface area contributed by atoms with E-state index in [9.17, 15) is 4.79 Å². The predicted molar refractivity (Wildman–Crippen MR) is 118 cm³/mol. The first-order valence-electron chi connectivity index (χ1n) is 11.6. The van der Waals surface area contributed by atoms with Gasteiger partial charge in [-0.25, -0.2) is 15.0 Å². The Labute approximate surface area is 182 Å². The second-order valence-electron chi connectivity index (χ2n) is 10.5. The van der Waals surface area contributed by atoms with Gasteiger partial charge in [0.05, 0.1) is 5.69 Å². The highest BCUT2D eigenvalue weighted by Gasteiger charge is 2.60. The van der Waals surface area contributed by atoms with Crippen LogP contribution in [-0.2, 0) is 11.2 Å². The standard InChI is InChI=1S/C24H30N4OS/c1-23-11-9-18-20(30-22(27-18)28-21-25-12-3-13-26-21)17(23)5-4-14-15-6-7-19(29)24(15,2)10-8-16(14)23/h3,12-17H,4-11H2,1-2H3,(H,25,26,27,28)/t14-,15-,16-,17?,23+,24-/m0/s1. The molecule has 1 unspecified atom stereocenters. The molecule has 158 valence electrons. The van der Waals surface area contributed by atoms with Gasteiger partial charge in [0.1, 0.15) is 5.78 Å². The molecule has 0 saturated heterocycles. The summed E-state index contributed by atoms with van der Waals surface area (Å²) in [5, 5.41) is 4.24. The maximum absolute atomic E-state index is 12.7. The number of fused-ring (bicyclic) bond motifs is 7. The number of rotatable bonds is 2. The van der Waals surface area contributed by atoms with Crippen molar-refractivity contribution < 1.29 is 4.79 Å². The number of nitrogens with one attached hydrogen (secondary N) is 1. The number of hydrogen-bond donors (Lipinski definition) is 1. The van der Waals surface area contributed by atoms with Gasteiger partial charge >= 0.3 is 0 Å². The van der Waals surface area contributed by atoms with Crippen molar-refractivity contribution in [3.63, 3.8) is 0 Å². The van der Waals surface area contributed by atoms with Gasteiger partial charge in [0.15, 0.2) is 5.13 Å². The van der Waals surface area contributed by atoms with Gasteiger partial charge in [0.2, 0.25) is 5.95 Å². The van der Waals surface area contributed by atoms with E-state index in [-0.39, 0.29) is 5.41 Å². The van der Waals surface area contributed by atoms with Crippen molar-refractivity contribution in [2.24, 2.45) is 28.6 Å². The predicted octanol–water partition coefficient (Wildman–Crippen LogP) is 5.52. The van der Waals surface area contributed by atoms with Crippen molar-refractivity contribution >= 4 is 28.2 Å². The van der Waals surface area contributed by atoms with Crippen molar-refractivity contribution in [3.8, 4) is 0 Å². The van der Waals surface area contributed by atoms with Crippen molar-refractivity contribution in [2.75, 3.05) is 5.32 Å². The Bertz CT molecular complexity index is 990. The maximum Gasteiger partial charge on any atom is 0.228 e. The van der Waals surface area contributed by atoms with Gasteiger partial charge in [-0.15, -0.1) is 11.3 Å². The van der Waals surface area contributed by atoms with Crippen LogP contribution in [0.1, 0.15) is 75.3 Å². The van der Waals surface area contributed by atoms with Crippen molar-refractivity contribution in [2.45, 2.75) is 71.1 Å². The van der Waals surface area contributed by atoms with Crippen molar-refractivity contribution in [1.82, 2.24) is 15.0 Å². The molecule has 6 atom stereocenters. The fourth-order valence-electron chi connectivity index (χ4n) is 7.73. The van der Waals surface area contributed by atoms with Crippen molar-refractivity contribution in [1.29, 1.82) is 0 Å². The largest absolute Gasteiger partial charge is 0.300 e. The lowest BCUT2D eigenvalue weighted by molar-refractivity contribution is -0.134. The smallest absolute Gasteiger partial charge is 0.228 e. The third-order valence-corrected chi connectivity index (χ3v) is 10.4. The SMILES string of the molecule is C[C@]12CCc3nc(Nc4ncccn4)sc3C1CC[C@@H]1[C@@H]2CC[C@]2(C)C(=O)CC[C@@H]12.